The molecule has 2 heterocycles. The van der Waals surface area contributed by atoms with Crippen molar-refractivity contribution in [2.75, 3.05) is 25.6 Å². The quantitative estimate of drug-likeness (QED) is 0.727. The van der Waals surface area contributed by atoms with Crippen LogP contribution in [0.2, 0.25) is 0 Å². The highest BCUT2D eigenvalue weighted by atomic mass is 16.5. The number of nitrogens with zero attached hydrogens (tertiary/aromatic N) is 2. The van der Waals surface area contributed by atoms with Crippen molar-refractivity contribution >= 4 is 5.95 Å². The van der Waals surface area contributed by atoms with E-state index in [0.717, 1.165) is 26.0 Å². The van der Waals surface area contributed by atoms with E-state index in [1.807, 2.05) is 10.8 Å². The number of nitrogens with two attached hydrogens (primary N) is 1. The van der Waals surface area contributed by atoms with Gasteiger partial charge in [0, 0.05) is 25.5 Å². The van der Waals surface area contributed by atoms with Crippen LogP contribution in [0.3, 0.4) is 0 Å². The number of aromatic nitrogens is 2. The van der Waals surface area contributed by atoms with E-state index in [1.54, 1.807) is 6.20 Å². The van der Waals surface area contributed by atoms with Gasteiger partial charge < -0.3 is 19.8 Å². The van der Waals surface area contributed by atoms with Crippen LogP contribution in [0, 0.1) is 0 Å². The van der Waals surface area contributed by atoms with Crippen molar-refractivity contribution in [1.82, 2.24) is 9.55 Å². The fourth-order valence-corrected chi connectivity index (χ4v) is 1.68. The summed E-state index contributed by atoms with van der Waals surface area (Å²) in [4.78, 5) is 3.93. The van der Waals surface area contributed by atoms with Gasteiger partial charge in [0.25, 0.3) is 0 Å². The number of imidazole rings is 1. The molecule has 0 aromatic carbocycles. The Hall–Kier alpha value is -1.07. The van der Waals surface area contributed by atoms with Gasteiger partial charge in [-0.25, -0.2) is 4.98 Å². The Morgan fingerprint density at radius 3 is 3.27 bits per heavy atom. The Balaban J connectivity index is 1.60. The van der Waals surface area contributed by atoms with Gasteiger partial charge in [0.2, 0.25) is 0 Å². The van der Waals surface area contributed by atoms with Crippen LogP contribution in [-0.4, -0.2) is 35.5 Å². The maximum absolute atomic E-state index is 5.62. The monoisotopic (exact) mass is 211 g/mol. The molecular weight excluding hydrogens is 194 g/mol. The molecule has 0 radical (unpaired) electrons. The first-order valence-corrected chi connectivity index (χ1v) is 5.32. The van der Waals surface area contributed by atoms with Crippen molar-refractivity contribution in [1.29, 1.82) is 0 Å². The zero-order valence-corrected chi connectivity index (χ0v) is 8.76. The number of rotatable bonds is 5. The molecule has 0 spiro atoms. The standard InChI is InChI=1S/C10H17N3O2/c11-10-12-3-4-13(10)5-7-14-8-9-2-1-6-15-9/h3-4,9H,1-2,5-8H2,(H2,11,12). The SMILES string of the molecule is Nc1nccn1CCOCC1CCCO1. The van der Waals surface area contributed by atoms with Gasteiger partial charge in [-0.3, -0.25) is 0 Å². The maximum atomic E-state index is 5.62. The third kappa shape index (κ3) is 2.94. The minimum Gasteiger partial charge on any atom is -0.377 e. The first kappa shape index (κ1) is 10.4. The molecule has 1 aromatic rings. The highest BCUT2D eigenvalue weighted by Gasteiger charge is 2.14. The summed E-state index contributed by atoms with van der Waals surface area (Å²) in [6.07, 6.45) is 6.11. The van der Waals surface area contributed by atoms with E-state index < -0.39 is 0 Å². The molecule has 15 heavy (non-hydrogen) atoms. The Morgan fingerprint density at radius 2 is 2.60 bits per heavy atom. The fraction of sp³-hybridized carbons (Fsp3) is 0.700. The Labute approximate surface area is 89.2 Å². The van der Waals surface area contributed by atoms with Crippen LogP contribution < -0.4 is 5.73 Å². The van der Waals surface area contributed by atoms with Crippen LogP contribution >= 0.6 is 0 Å². The zero-order valence-electron chi connectivity index (χ0n) is 8.76. The lowest BCUT2D eigenvalue weighted by atomic mass is 10.2. The summed E-state index contributed by atoms with van der Waals surface area (Å²) in [6.45, 7) is 2.97. The van der Waals surface area contributed by atoms with E-state index in [2.05, 4.69) is 4.98 Å². The molecule has 1 unspecified atom stereocenters. The third-order valence-electron chi connectivity index (χ3n) is 2.55. The summed E-state index contributed by atoms with van der Waals surface area (Å²) in [6, 6.07) is 0. The summed E-state index contributed by atoms with van der Waals surface area (Å²) in [5.74, 6) is 0.538. The van der Waals surface area contributed by atoms with Crippen molar-refractivity contribution in [2.24, 2.45) is 0 Å². The highest BCUT2D eigenvalue weighted by molar-refractivity contribution is 5.16. The Bertz CT molecular complexity index is 295. The molecule has 0 saturated carbocycles. The van der Waals surface area contributed by atoms with E-state index in [4.69, 9.17) is 15.2 Å². The second-order valence-corrected chi connectivity index (χ2v) is 3.69. The number of hydrogen-bond acceptors (Lipinski definition) is 4. The summed E-state index contributed by atoms with van der Waals surface area (Å²) in [7, 11) is 0. The first-order chi connectivity index (χ1) is 7.36. The van der Waals surface area contributed by atoms with Crippen LogP contribution in [0.4, 0.5) is 5.95 Å². The molecule has 1 atom stereocenters. The molecule has 2 rings (SSSR count). The lowest BCUT2D eigenvalue weighted by molar-refractivity contribution is 0.0150. The third-order valence-corrected chi connectivity index (χ3v) is 2.55. The molecule has 0 amide bonds. The topological polar surface area (TPSA) is 62.3 Å². The van der Waals surface area contributed by atoms with Crippen LogP contribution in [0.25, 0.3) is 0 Å². The van der Waals surface area contributed by atoms with E-state index in [1.165, 1.54) is 0 Å². The van der Waals surface area contributed by atoms with E-state index in [-0.39, 0.29) is 0 Å². The maximum Gasteiger partial charge on any atom is 0.200 e. The van der Waals surface area contributed by atoms with Gasteiger partial charge in [0.05, 0.1) is 19.3 Å². The Morgan fingerprint density at radius 1 is 1.67 bits per heavy atom. The van der Waals surface area contributed by atoms with Crippen LogP contribution in [0.15, 0.2) is 12.4 Å². The van der Waals surface area contributed by atoms with Gasteiger partial charge in [-0.15, -0.1) is 0 Å². The average molecular weight is 211 g/mol. The first-order valence-electron chi connectivity index (χ1n) is 5.32. The number of nitrogen functional groups attached to an aromatic ring is 1. The predicted octanol–water partition coefficient (Wildman–Crippen LogP) is 0.661. The Kier molecular flexibility index (Phi) is 3.58. The molecule has 5 heteroatoms. The minimum atomic E-state index is 0.296. The van der Waals surface area contributed by atoms with Crippen LogP contribution in [0.1, 0.15) is 12.8 Å². The van der Waals surface area contributed by atoms with E-state index in [0.29, 0.717) is 25.3 Å². The second-order valence-electron chi connectivity index (χ2n) is 3.69. The minimum absolute atomic E-state index is 0.296. The van der Waals surface area contributed by atoms with Crippen molar-refractivity contribution in [3.63, 3.8) is 0 Å². The summed E-state index contributed by atoms with van der Waals surface area (Å²) < 4.78 is 12.8. The van der Waals surface area contributed by atoms with Crippen LogP contribution in [-0.2, 0) is 16.0 Å². The fourth-order valence-electron chi connectivity index (χ4n) is 1.68. The normalized spacial score (nSPS) is 20.9. The van der Waals surface area contributed by atoms with Crippen molar-refractivity contribution < 1.29 is 9.47 Å². The van der Waals surface area contributed by atoms with Gasteiger partial charge in [-0.05, 0) is 12.8 Å². The van der Waals surface area contributed by atoms with Crippen molar-refractivity contribution in [3.05, 3.63) is 12.4 Å². The summed E-state index contributed by atoms with van der Waals surface area (Å²) in [5.41, 5.74) is 5.62. The second kappa shape index (κ2) is 5.14. The largest absolute Gasteiger partial charge is 0.377 e. The number of hydrogen-bond donors (Lipinski definition) is 1. The van der Waals surface area contributed by atoms with E-state index >= 15 is 0 Å². The van der Waals surface area contributed by atoms with Gasteiger partial charge >= 0.3 is 0 Å². The molecular formula is C10H17N3O2. The lowest BCUT2D eigenvalue weighted by Gasteiger charge is -2.10. The van der Waals surface area contributed by atoms with Crippen molar-refractivity contribution in [2.45, 2.75) is 25.5 Å². The van der Waals surface area contributed by atoms with E-state index in [9.17, 15) is 0 Å². The molecule has 1 aliphatic heterocycles. The smallest absolute Gasteiger partial charge is 0.200 e. The molecule has 1 aliphatic rings. The molecule has 5 nitrogen and oxygen atoms in total. The summed E-state index contributed by atoms with van der Waals surface area (Å²) >= 11 is 0. The van der Waals surface area contributed by atoms with Crippen molar-refractivity contribution in [3.8, 4) is 0 Å². The van der Waals surface area contributed by atoms with Gasteiger partial charge in [-0.1, -0.05) is 0 Å². The number of ether oxygens (including phenoxy) is 2. The molecule has 2 N–H and O–H groups in total. The molecule has 84 valence electrons. The molecule has 0 bridgehead atoms. The highest BCUT2D eigenvalue weighted by Crippen LogP contribution is 2.11. The average Bonchev–Trinajstić information content (AvgIpc) is 2.85. The molecule has 1 aromatic heterocycles. The van der Waals surface area contributed by atoms with Gasteiger partial charge in [0.15, 0.2) is 5.95 Å². The van der Waals surface area contributed by atoms with Gasteiger partial charge in [-0.2, -0.15) is 0 Å². The van der Waals surface area contributed by atoms with Gasteiger partial charge in [0.1, 0.15) is 0 Å². The predicted molar refractivity (Wildman–Crippen MR) is 56.4 cm³/mol. The number of anilines is 1. The lowest BCUT2D eigenvalue weighted by Crippen LogP contribution is -2.16. The molecule has 1 saturated heterocycles. The molecule has 1 fully saturated rings. The zero-order chi connectivity index (χ0) is 10.5. The summed E-state index contributed by atoms with van der Waals surface area (Å²) in [5, 5.41) is 0. The molecule has 0 aliphatic carbocycles. The van der Waals surface area contributed by atoms with Crippen LogP contribution in [0.5, 0.6) is 0 Å².